The van der Waals surface area contributed by atoms with Crippen LogP contribution in [-0.4, -0.2) is 93.8 Å². The van der Waals surface area contributed by atoms with Gasteiger partial charge in [0.25, 0.3) is 5.91 Å². The van der Waals surface area contributed by atoms with E-state index in [2.05, 4.69) is 6.58 Å². The second-order valence-corrected chi connectivity index (χ2v) is 12.1. The van der Waals surface area contributed by atoms with Crippen molar-refractivity contribution >= 4 is 29.6 Å². The van der Waals surface area contributed by atoms with Gasteiger partial charge in [0.2, 0.25) is 11.5 Å². The van der Waals surface area contributed by atoms with Crippen LogP contribution in [0.2, 0.25) is 0 Å². The molecule has 1 heterocycles. The van der Waals surface area contributed by atoms with Crippen LogP contribution in [0.5, 0.6) is 28.7 Å². The molecule has 0 radical (unpaired) electrons. The Morgan fingerprint density at radius 3 is 2.30 bits per heavy atom. The van der Waals surface area contributed by atoms with Gasteiger partial charge in [-0.15, -0.1) is 0 Å². The normalized spacial score (nSPS) is 14.8. The predicted molar refractivity (Wildman–Crippen MR) is 179 cm³/mol. The van der Waals surface area contributed by atoms with E-state index in [1.165, 1.54) is 47.2 Å². The fourth-order valence-corrected chi connectivity index (χ4v) is 5.57. The highest BCUT2D eigenvalue weighted by molar-refractivity contribution is 6.38. The molecular formula is C36H45NO13. The molecule has 3 rings (SSSR count). The third-order valence-electron chi connectivity index (χ3n) is 8.21. The molecule has 0 spiro atoms. The minimum absolute atomic E-state index is 0.149. The largest absolute Gasteiger partial charge is 0.496 e. The number of benzene rings is 2. The predicted octanol–water partition coefficient (Wildman–Crippen LogP) is 4.11. The number of carboxylic acids is 1. The molecule has 272 valence electrons. The number of likely N-dealkylation sites (tertiary alicyclic amines) is 1. The molecule has 1 fully saturated rings. The molecule has 0 bridgehead atoms. The number of piperidine rings is 1. The molecular weight excluding hydrogens is 654 g/mol. The van der Waals surface area contributed by atoms with E-state index < -0.39 is 53.8 Å². The van der Waals surface area contributed by atoms with Gasteiger partial charge in [0.15, 0.2) is 18.1 Å². The van der Waals surface area contributed by atoms with Crippen LogP contribution >= 0.6 is 0 Å². The molecule has 0 aromatic heterocycles. The minimum atomic E-state index is -1.36. The molecule has 2 aromatic rings. The molecule has 2 aromatic carbocycles. The molecule has 0 unspecified atom stereocenters. The van der Waals surface area contributed by atoms with Gasteiger partial charge in [-0.1, -0.05) is 18.7 Å². The molecule has 0 saturated carbocycles. The zero-order valence-corrected chi connectivity index (χ0v) is 29.3. The highest BCUT2D eigenvalue weighted by Crippen LogP contribution is 2.46. The number of methoxy groups -OCH3 is 4. The smallest absolute Gasteiger partial charge is 0.341 e. The van der Waals surface area contributed by atoms with E-state index in [1.807, 2.05) is 0 Å². The molecule has 50 heavy (non-hydrogen) atoms. The Bertz CT molecular complexity index is 1570. The maximum atomic E-state index is 14.0. The Morgan fingerprint density at radius 2 is 1.68 bits per heavy atom. The van der Waals surface area contributed by atoms with Gasteiger partial charge < -0.3 is 43.2 Å². The van der Waals surface area contributed by atoms with Gasteiger partial charge in [-0.05, 0) is 63.6 Å². The first-order chi connectivity index (χ1) is 23.8. The minimum Gasteiger partial charge on any atom is -0.496 e. The van der Waals surface area contributed by atoms with Gasteiger partial charge >= 0.3 is 17.9 Å². The monoisotopic (exact) mass is 699 g/mol. The molecule has 1 aliphatic heterocycles. The molecule has 14 nitrogen and oxygen atoms in total. The molecule has 2 atom stereocenters. The van der Waals surface area contributed by atoms with Gasteiger partial charge in [0.05, 0.1) is 33.9 Å². The number of carbonyl (C=O) groups is 5. The van der Waals surface area contributed by atoms with E-state index in [9.17, 15) is 24.0 Å². The Kier molecular flexibility index (Phi) is 14.0. The number of ether oxygens (including phenoxy) is 7. The number of nitrogens with zero attached hydrogens (tertiary/aromatic N) is 1. The van der Waals surface area contributed by atoms with Crippen molar-refractivity contribution in [3.8, 4) is 28.7 Å². The van der Waals surface area contributed by atoms with Crippen molar-refractivity contribution in [1.82, 2.24) is 4.90 Å². The molecule has 1 aliphatic rings. The van der Waals surface area contributed by atoms with E-state index in [0.717, 1.165) is 6.08 Å². The lowest BCUT2D eigenvalue weighted by Gasteiger charge is -2.36. The Labute approximate surface area is 291 Å². The highest BCUT2D eigenvalue weighted by atomic mass is 16.6. The van der Waals surface area contributed by atoms with Gasteiger partial charge in [-0.25, -0.2) is 14.4 Å². The molecule has 1 saturated heterocycles. The van der Waals surface area contributed by atoms with E-state index in [-0.39, 0.29) is 38.2 Å². The zero-order chi connectivity index (χ0) is 37.0. The van der Waals surface area contributed by atoms with Gasteiger partial charge in [0.1, 0.15) is 30.3 Å². The summed E-state index contributed by atoms with van der Waals surface area (Å²) in [6, 6.07) is 7.08. The van der Waals surface area contributed by atoms with Crippen LogP contribution in [0.3, 0.4) is 0 Å². The summed E-state index contributed by atoms with van der Waals surface area (Å²) in [7, 11) is 5.92. The number of ketones is 1. The van der Waals surface area contributed by atoms with Crippen LogP contribution in [-0.2, 0) is 39.9 Å². The summed E-state index contributed by atoms with van der Waals surface area (Å²) in [5.41, 5.74) is -0.265. The average Bonchev–Trinajstić information content (AvgIpc) is 3.13. The number of aliphatic carboxylic acids is 1. The van der Waals surface area contributed by atoms with Crippen LogP contribution in [0.4, 0.5) is 0 Å². The molecule has 1 amide bonds. The topological polar surface area (TPSA) is 173 Å². The first-order valence-electron chi connectivity index (χ1n) is 16.0. The number of esters is 2. The van der Waals surface area contributed by atoms with Crippen molar-refractivity contribution in [2.24, 2.45) is 5.41 Å². The summed E-state index contributed by atoms with van der Waals surface area (Å²) in [5, 5.41) is 9.11. The number of amides is 1. The van der Waals surface area contributed by atoms with Crippen LogP contribution in [0.15, 0.2) is 43.0 Å². The van der Waals surface area contributed by atoms with Crippen LogP contribution < -0.4 is 23.7 Å². The van der Waals surface area contributed by atoms with Gasteiger partial charge in [0, 0.05) is 24.3 Å². The van der Waals surface area contributed by atoms with Crippen molar-refractivity contribution in [2.45, 2.75) is 58.1 Å². The second kappa shape index (κ2) is 17.9. The highest BCUT2D eigenvalue weighted by Gasteiger charge is 2.42. The summed E-state index contributed by atoms with van der Waals surface area (Å²) < 4.78 is 38.9. The molecule has 1 N–H and O–H groups in total. The summed E-state index contributed by atoms with van der Waals surface area (Å²) in [6.07, 6.45) is 1.89. The number of carboxylic acid groups (broad SMARTS) is 1. The first kappa shape index (κ1) is 39.2. The SMILES string of the molecule is C=CC(=O)OCC(C)(C)C(=O)C(=O)N1CCCC[C@H]1C(=O)O[C@H](CCc1c(OC)cc(OC)c(OC)c1OC)c1cccc(OCC(=O)O)c1. The van der Waals surface area contributed by atoms with Crippen molar-refractivity contribution in [3.63, 3.8) is 0 Å². The third kappa shape index (κ3) is 9.67. The van der Waals surface area contributed by atoms with Crippen molar-refractivity contribution in [3.05, 3.63) is 54.1 Å². The van der Waals surface area contributed by atoms with E-state index >= 15 is 0 Å². The molecule has 14 heteroatoms. The number of hydrogen-bond acceptors (Lipinski definition) is 12. The van der Waals surface area contributed by atoms with Gasteiger partial charge in [-0.3, -0.25) is 9.59 Å². The molecule has 0 aliphatic carbocycles. The summed E-state index contributed by atoms with van der Waals surface area (Å²) in [6.45, 7) is 5.51. The lowest BCUT2D eigenvalue weighted by atomic mass is 9.87. The fraction of sp³-hybridized carbons (Fsp3) is 0.472. The lowest BCUT2D eigenvalue weighted by molar-refractivity contribution is -0.165. The second-order valence-electron chi connectivity index (χ2n) is 12.1. The zero-order valence-electron chi connectivity index (χ0n) is 29.3. The van der Waals surface area contributed by atoms with E-state index in [4.69, 9.17) is 38.3 Å². The number of rotatable bonds is 18. The fourth-order valence-electron chi connectivity index (χ4n) is 5.57. The van der Waals surface area contributed by atoms with Crippen molar-refractivity contribution in [1.29, 1.82) is 0 Å². The number of hydrogen-bond donors (Lipinski definition) is 1. The average molecular weight is 700 g/mol. The summed E-state index contributed by atoms with van der Waals surface area (Å²) >= 11 is 0. The Morgan fingerprint density at radius 1 is 0.980 bits per heavy atom. The first-order valence-corrected chi connectivity index (χ1v) is 16.0. The summed E-state index contributed by atoms with van der Waals surface area (Å²) in [4.78, 5) is 64.8. The quantitative estimate of drug-likeness (QED) is 0.134. The Balaban J connectivity index is 1.96. The maximum absolute atomic E-state index is 14.0. The lowest BCUT2D eigenvalue weighted by Crippen LogP contribution is -2.53. The van der Waals surface area contributed by atoms with Gasteiger partial charge in [-0.2, -0.15) is 0 Å². The van der Waals surface area contributed by atoms with E-state index in [0.29, 0.717) is 47.0 Å². The maximum Gasteiger partial charge on any atom is 0.341 e. The number of Topliss-reactive ketones (excluding diaryl/α,β-unsaturated/α-hetero) is 1. The van der Waals surface area contributed by atoms with Crippen molar-refractivity contribution < 1.29 is 62.2 Å². The standard InChI is InChI=1S/C36H45NO13/c1-8-30(40)49-21-36(2,3)33(41)34(42)37-17-10-9-14-25(37)35(43)50-26(22-12-11-13-23(18-22)48-20-29(38)39)16-15-24-27(44-4)19-28(45-5)32(47-7)31(24)46-6/h8,11-13,18-19,25-26H,1,9-10,14-17,20-21H2,2-7H3,(H,38,39)/t25-,26+/m0/s1. The van der Waals surface area contributed by atoms with Crippen LogP contribution in [0, 0.1) is 5.41 Å². The third-order valence-corrected chi connectivity index (χ3v) is 8.21. The van der Waals surface area contributed by atoms with E-state index in [1.54, 1.807) is 30.3 Å². The van der Waals surface area contributed by atoms with Crippen molar-refractivity contribution in [2.75, 3.05) is 48.2 Å². The number of carbonyl (C=O) groups excluding carboxylic acids is 4. The Hall–Kier alpha value is -5.27. The van der Waals surface area contributed by atoms with Crippen LogP contribution in [0.1, 0.15) is 56.8 Å². The van der Waals surface area contributed by atoms with Crippen LogP contribution in [0.25, 0.3) is 0 Å². The summed E-state index contributed by atoms with van der Waals surface area (Å²) in [5.74, 6) is -2.56.